The Morgan fingerprint density at radius 3 is 2.74 bits per heavy atom. The Morgan fingerprint density at radius 2 is 1.97 bits per heavy atom. The van der Waals surface area contributed by atoms with Crippen molar-refractivity contribution in [3.8, 4) is 11.5 Å². The van der Waals surface area contributed by atoms with Gasteiger partial charge in [-0.2, -0.15) is 0 Å². The zero-order chi connectivity index (χ0) is 21.4. The molecule has 2 heterocycles. The highest BCUT2D eigenvalue weighted by molar-refractivity contribution is 7.99. The van der Waals surface area contributed by atoms with Crippen molar-refractivity contribution >= 4 is 40.3 Å². The van der Waals surface area contributed by atoms with Crippen molar-refractivity contribution in [1.29, 1.82) is 0 Å². The summed E-state index contributed by atoms with van der Waals surface area (Å²) in [6, 6.07) is 15.5. The van der Waals surface area contributed by atoms with E-state index in [1.807, 2.05) is 59.0 Å². The molecular formula is C22H20ClN5O2S. The number of carbonyl (C=O) groups is 1. The summed E-state index contributed by atoms with van der Waals surface area (Å²) in [5, 5.41) is 9.62. The lowest BCUT2D eigenvalue weighted by atomic mass is 10.2. The van der Waals surface area contributed by atoms with Gasteiger partial charge in [-0.3, -0.25) is 4.79 Å². The Bertz CT molecular complexity index is 1250. The van der Waals surface area contributed by atoms with Crippen molar-refractivity contribution < 1.29 is 9.21 Å². The first-order chi connectivity index (χ1) is 15.1. The Kier molecular flexibility index (Phi) is 5.41. The third kappa shape index (κ3) is 4.18. The Balaban J connectivity index is 1.28. The largest absolute Gasteiger partial charge is 0.419 e. The van der Waals surface area contributed by atoms with E-state index >= 15 is 0 Å². The van der Waals surface area contributed by atoms with Gasteiger partial charge in [0, 0.05) is 13.1 Å². The number of thioether (sulfide) groups is 1. The molecule has 0 aliphatic heterocycles. The number of nitrogens with zero attached hydrogens (tertiary/aromatic N) is 5. The summed E-state index contributed by atoms with van der Waals surface area (Å²) in [6.07, 6.45) is 1.99. The minimum absolute atomic E-state index is 0.0389. The lowest BCUT2D eigenvalue weighted by Crippen LogP contribution is -2.34. The zero-order valence-corrected chi connectivity index (χ0v) is 18.4. The third-order valence-electron chi connectivity index (χ3n) is 5.26. The monoisotopic (exact) mass is 453 g/mol. The molecule has 1 fully saturated rings. The van der Waals surface area contributed by atoms with Crippen LogP contribution in [0.1, 0.15) is 18.7 Å². The molecule has 0 unspecified atom stereocenters. The number of benzene rings is 2. The van der Waals surface area contributed by atoms with Crippen LogP contribution in [0, 0.1) is 0 Å². The second-order valence-electron chi connectivity index (χ2n) is 7.46. The topological polar surface area (TPSA) is 77.0 Å². The number of fused-ring (bicyclic) bond motifs is 1. The molecule has 5 rings (SSSR count). The van der Waals surface area contributed by atoms with Gasteiger partial charge in [-0.1, -0.05) is 47.6 Å². The highest BCUT2D eigenvalue weighted by Gasteiger charge is 2.34. The van der Waals surface area contributed by atoms with Gasteiger partial charge in [0.15, 0.2) is 5.16 Å². The highest BCUT2D eigenvalue weighted by atomic mass is 35.5. The molecule has 4 aromatic rings. The summed E-state index contributed by atoms with van der Waals surface area (Å²) in [7, 11) is 1.97. The average Bonchev–Trinajstić information content (AvgIpc) is 3.43. The molecule has 158 valence electrons. The molecular weight excluding hydrogens is 434 g/mol. The SMILES string of the molecule is Cn1c(SCC(=O)N(Cc2nnc(-c3ccccc3Cl)o2)C2CC2)nc2ccccc21. The van der Waals surface area contributed by atoms with Crippen LogP contribution in [0.3, 0.4) is 0 Å². The Hall–Kier alpha value is -2.84. The van der Waals surface area contributed by atoms with E-state index in [1.165, 1.54) is 11.8 Å². The number of carbonyl (C=O) groups excluding carboxylic acids is 1. The van der Waals surface area contributed by atoms with Crippen molar-refractivity contribution in [2.24, 2.45) is 7.05 Å². The van der Waals surface area contributed by atoms with Gasteiger partial charge in [0.05, 0.1) is 33.9 Å². The predicted octanol–water partition coefficient (Wildman–Crippen LogP) is 4.56. The molecule has 1 saturated carbocycles. The van der Waals surface area contributed by atoms with E-state index in [2.05, 4.69) is 15.2 Å². The normalized spacial score (nSPS) is 13.6. The second-order valence-corrected chi connectivity index (χ2v) is 8.81. The maximum Gasteiger partial charge on any atom is 0.249 e. The van der Waals surface area contributed by atoms with Gasteiger partial charge in [0.25, 0.3) is 0 Å². The van der Waals surface area contributed by atoms with E-state index in [9.17, 15) is 4.79 Å². The van der Waals surface area contributed by atoms with Crippen LogP contribution < -0.4 is 0 Å². The van der Waals surface area contributed by atoms with Crippen LogP contribution in [0.4, 0.5) is 0 Å². The number of imidazole rings is 1. The third-order valence-corrected chi connectivity index (χ3v) is 6.60. The maximum atomic E-state index is 13.0. The maximum absolute atomic E-state index is 13.0. The lowest BCUT2D eigenvalue weighted by Gasteiger charge is -2.20. The fourth-order valence-electron chi connectivity index (χ4n) is 3.48. The summed E-state index contributed by atoms with van der Waals surface area (Å²) in [5.41, 5.74) is 2.66. The molecule has 1 aliphatic rings. The first kappa shape index (κ1) is 20.1. The fourth-order valence-corrected chi connectivity index (χ4v) is 4.57. The zero-order valence-electron chi connectivity index (χ0n) is 16.9. The average molecular weight is 454 g/mol. The molecule has 2 aromatic heterocycles. The van der Waals surface area contributed by atoms with E-state index in [0.717, 1.165) is 29.0 Å². The number of halogens is 1. The van der Waals surface area contributed by atoms with Crippen LogP contribution in [-0.4, -0.2) is 42.4 Å². The van der Waals surface area contributed by atoms with Crippen LogP contribution in [0.5, 0.6) is 0 Å². The highest BCUT2D eigenvalue weighted by Crippen LogP contribution is 2.31. The van der Waals surface area contributed by atoms with Crippen LogP contribution in [0.2, 0.25) is 5.02 Å². The number of aromatic nitrogens is 4. The first-order valence-corrected chi connectivity index (χ1v) is 11.4. The second kappa shape index (κ2) is 8.36. The number of rotatable bonds is 7. The van der Waals surface area contributed by atoms with E-state index in [0.29, 0.717) is 34.7 Å². The number of para-hydroxylation sites is 2. The fraction of sp³-hybridized carbons (Fsp3) is 0.273. The molecule has 0 saturated heterocycles. The number of hydrogen-bond donors (Lipinski definition) is 0. The van der Waals surface area contributed by atoms with Crippen molar-refractivity contribution in [2.45, 2.75) is 30.6 Å². The molecule has 31 heavy (non-hydrogen) atoms. The quantitative estimate of drug-likeness (QED) is 0.382. The van der Waals surface area contributed by atoms with Crippen molar-refractivity contribution in [2.75, 3.05) is 5.75 Å². The van der Waals surface area contributed by atoms with Gasteiger partial charge in [0.2, 0.25) is 17.7 Å². The summed E-state index contributed by atoms with van der Waals surface area (Å²) < 4.78 is 7.82. The Morgan fingerprint density at radius 1 is 1.19 bits per heavy atom. The smallest absolute Gasteiger partial charge is 0.249 e. The molecule has 0 N–H and O–H groups in total. The summed E-state index contributed by atoms with van der Waals surface area (Å²) >= 11 is 7.67. The molecule has 0 radical (unpaired) electrons. The Labute approximate surface area is 188 Å². The number of amides is 1. The van der Waals surface area contributed by atoms with Gasteiger partial charge < -0.3 is 13.9 Å². The predicted molar refractivity (Wildman–Crippen MR) is 120 cm³/mol. The van der Waals surface area contributed by atoms with Crippen LogP contribution in [-0.2, 0) is 18.4 Å². The van der Waals surface area contributed by atoms with Gasteiger partial charge in [-0.15, -0.1) is 10.2 Å². The molecule has 0 spiro atoms. The summed E-state index contributed by atoms with van der Waals surface area (Å²) in [4.78, 5) is 19.5. The molecule has 1 amide bonds. The van der Waals surface area contributed by atoms with Gasteiger partial charge in [-0.05, 0) is 37.1 Å². The molecule has 1 aliphatic carbocycles. The number of aryl methyl sites for hydroxylation is 1. The minimum atomic E-state index is 0.0389. The van der Waals surface area contributed by atoms with Crippen molar-refractivity contribution in [3.63, 3.8) is 0 Å². The van der Waals surface area contributed by atoms with E-state index < -0.39 is 0 Å². The van der Waals surface area contributed by atoms with E-state index in [1.54, 1.807) is 6.07 Å². The van der Waals surface area contributed by atoms with Gasteiger partial charge in [-0.25, -0.2) is 4.98 Å². The van der Waals surface area contributed by atoms with Crippen LogP contribution >= 0.6 is 23.4 Å². The van der Waals surface area contributed by atoms with Crippen LogP contribution in [0.15, 0.2) is 58.1 Å². The molecule has 9 heteroatoms. The standard InChI is InChI=1S/C22H20ClN5O2S/c1-27-18-9-5-4-8-17(18)24-22(27)31-13-20(29)28(14-10-11-14)12-19-25-26-21(30-19)15-6-2-3-7-16(15)23/h2-9,14H,10-13H2,1H3. The number of hydrogen-bond acceptors (Lipinski definition) is 6. The lowest BCUT2D eigenvalue weighted by molar-refractivity contribution is -0.129. The van der Waals surface area contributed by atoms with Crippen molar-refractivity contribution in [3.05, 3.63) is 59.4 Å². The molecule has 7 nitrogen and oxygen atoms in total. The first-order valence-electron chi connectivity index (χ1n) is 10.0. The van der Waals surface area contributed by atoms with Gasteiger partial charge >= 0.3 is 0 Å². The van der Waals surface area contributed by atoms with Gasteiger partial charge in [0.1, 0.15) is 0 Å². The molecule has 2 aromatic carbocycles. The minimum Gasteiger partial charge on any atom is -0.419 e. The van der Waals surface area contributed by atoms with E-state index in [4.69, 9.17) is 16.0 Å². The van der Waals surface area contributed by atoms with Crippen LogP contribution in [0.25, 0.3) is 22.5 Å². The van der Waals surface area contributed by atoms with E-state index in [-0.39, 0.29) is 11.9 Å². The van der Waals surface area contributed by atoms with Crippen molar-refractivity contribution in [1.82, 2.24) is 24.6 Å². The molecule has 0 atom stereocenters. The molecule has 0 bridgehead atoms. The summed E-state index contributed by atoms with van der Waals surface area (Å²) in [5.74, 6) is 1.11. The summed E-state index contributed by atoms with van der Waals surface area (Å²) in [6.45, 7) is 0.296.